The number of rotatable bonds is 4. The van der Waals surface area contributed by atoms with Crippen LogP contribution < -0.4 is 0 Å². The zero-order valence-electron chi connectivity index (χ0n) is 10.2. The smallest absolute Gasteiger partial charge is 0.311 e. The van der Waals surface area contributed by atoms with E-state index in [9.17, 15) is 4.79 Å². The quantitative estimate of drug-likeness (QED) is 0.820. The van der Waals surface area contributed by atoms with Crippen LogP contribution in [-0.2, 0) is 20.9 Å². The normalized spacial score (nSPS) is 23.6. The van der Waals surface area contributed by atoms with Crippen molar-refractivity contribution in [1.82, 2.24) is 0 Å². The summed E-state index contributed by atoms with van der Waals surface area (Å²) in [4.78, 5) is 11.8. The van der Waals surface area contributed by atoms with Crippen LogP contribution in [0.1, 0.15) is 12.0 Å². The molecule has 0 amide bonds. The Morgan fingerprint density at radius 1 is 1.33 bits per heavy atom. The summed E-state index contributed by atoms with van der Waals surface area (Å²) >= 11 is 0. The summed E-state index contributed by atoms with van der Waals surface area (Å²) in [6, 6.07) is 9.58. The molecular formula is C14H18O4. The SMILES string of the molecule is O=C(OCc1ccccc1)C1COC[C@@H](CO)C1. The molecule has 1 aliphatic rings. The van der Waals surface area contributed by atoms with Crippen molar-refractivity contribution in [3.63, 3.8) is 0 Å². The van der Waals surface area contributed by atoms with Gasteiger partial charge in [-0.2, -0.15) is 0 Å². The average molecular weight is 250 g/mol. The van der Waals surface area contributed by atoms with E-state index in [1.807, 2.05) is 30.3 Å². The van der Waals surface area contributed by atoms with Crippen molar-refractivity contribution < 1.29 is 19.4 Å². The first-order valence-electron chi connectivity index (χ1n) is 6.18. The third kappa shape index (κ3) is 3.55. The van der Waals surface area contributed by atoms with Gasteiger partial charge in [0.05, 0.1) is 19.1 Å². The highest BCUT2D eigenvalue weighted by atomic mass is 16.5. The van der Waals surface area contributed by atoms with Crippen LogP contribution in [0.3, 0.4) is 0 Å². The largest absolute Gasteiger partial charge is 0.461 e. The highest BCUT2D eigenvalue weighted by Gasteiger charge is 2.28. The van der Waals surface area contributed by atoms with Gasteiger partial charge >= 0.3 is 5.97 Å². The minimum Gasteiger partial charge on any atom is -0.461 e. The number of carbonyl (C=O) groups is 1. The lowest BCUT2D eigenvalue weighted by Crippen LogP contribution is -2.33. The second kappa shape index (κ2) is 6.52. The van der Waals surface area contributed by atoms with E-state index in [0.29, 0.717) is 26.2 Å². The Hall–Kier alpha value is -1.39. The van der Waals surface area contributed by atoms with Crippen LogP contribution in [-0.4, -0.2) is 30.9 Å². The molecule has 0 aliphatic carbocycles. The summed E-state index contributed by atoms with van der Waals surface area (Å²) in [5, 5.41) is 9.07. The molecule has 1 heterocycles. The van der Waals surface area contributed by atoms with E-state index >= 15 is 0 Å². The van der Waals surface area contributed by atoms with Crippen molar-refractivity contribution in [3.8, 4) is 0 Å². The molecule has 2 rings (SSSR count). The summed E-state index contributed by atoms with van der Waals surface area (Å²) in [6.07, 6.45) is 0.643. The van der Waals surface area contributed by atoms with Crippen molar-refractivity contribution in [2.75, 3.05) is 19.8 Å². The van der Waals surface area contributed by atoms with E-state index < -0.39 is 0 Å². The van der Waals surface area contributed by atoms with Crippen LogP contribution in [0.2, 0.25) is 0 Å². The number of carbonyl (C=O) groups excluding carboxylic acids is 1. The number of esters is 1. The lowest BCUT2D eigenvalue weighted by Gasteiger charge is -2.26. The number of benzene rings is 1. The predicted octanol–water partition coefficient (Wildman–Crippen LogP) is 1.37. The molecule has 1 N–H and O–H groups in total. The van der Waals surface area contributed by atoms with Gasteiger partial charge in [-0.25, -0.2) is 0 Å². The Labute approximate surface area is 107 Å². The van der Waals surface area contributed by atoms with Gasteiger partial charge in [-0.15, -0.1) is 0 Å². The Morgan fingerprint density at radius 3 is 2.83 bits per heavy atom. The van der Waals surface area contributed by atoms with E-state index in [2.05, 4.69) is 0 Å². The van der Waals surface area contributed by atoms with Gasteiger partial charge < -0.3 is 14.6 Å². The maximum Gasteiger partial charge on any atom is 0.311 e. The van der Waals surface area contributed by atoms with Crippen LogP contribution in [0.5, 0.6) is 0 Å². The van der Waals surface area contributed by atoms with Crippen LogP contribution in [0.15, 0.2) is 30.3 Å². The summed E-state index contributed by atoms with van der Waals surface area (Å²) < 4.78 is 10.6. The van der Waals surface area contributed by atoms with Crippen LogP contribution in [0.25, 0.3) is 0 Å². The standard InChI is InChI=1S/C14H18O4/c15-7-12-6-13(10-17-8-12)14(16)18-9-11-4-2-1-3-5-11/h1-5,12-13,15H,6-10H2/t12-,13?/m1/s1. The molecule has 98 valence electrons. The third-order valence-electron chi connectivity index (χ3n) is 3.11. The van der Waals surface area contributed by atoms with E-state index in [-0.39, 0.29) is 24.4 Å². The van der Waals surface area contributed by atoms with Gasteiger partial charge in [0.1, 0.15) is 6.61 Å². The van der Waals surface area contributed by atoms with Crippen LogP contribution >= 0.6 is 0 Å². The molecule has 1 aliphatic heterocycles. The molecule has 18 heavy (non-hydrogen) atoms. The third-order valence-corrected chi connectivity index (χ3v) is 3.11. The number of hydrogen-bond acceptors (Lipinski definition) is 4. The minimum atomic E-state index is -0.250. The van der Waals surface area contributed by atoms with E-state index in [1.165, 1.54) is 0 Å². The molecule has 4 heteroatoms. The number of hydrogen-bond donors (Lipinski definition) is 1. The van der Waals surface area contributed by atoms with Crippen molar-refractivity contribution in [1.29, 1.82) is 0 Å². The molecule has 1 saturated heterocycles. The molecule has 1 unspecified atom stereocenters. The Kier molecular flexibility index (Phi) is 4.73. The van der Waals surface area contributed by atoms with E-state index in [4.69, 9.17) is 14.6 Å². The molecule has 0 saturated carbocycles. The molecular weight excluding hydrogens is 232 g/mol. The molecule has 1 fully saturated rings. The fourth-order valence-corrected chi connectivity index (χ4v) is 2.05. The lowest BCUT2D eigenvalue weighted by atomic mass is 9.94. The Balaban J connectivity index is 1.81. The first-order chi connectivity index (χ1) is 8.79. The number of aliphatic hydroxyl groups excluding tert-OH is 1. The highest BCUT2D eigenvalue weighted by Crippen LogP contribution is 2.20. The fraction of sp³-hybridized carbons (Fsp3) is 0.500. The highest BCUT2D eigenvalue weighted by molar-refractivity contribution is 5.72. The zero-order valence-corrected chi connectivity index (χ0v) is 10.2. The topological polar surface area (TPSA) is 55.8 Å². The zero-order chi connectivity index (χ0) is 12.8. The molecule has 1 aromatic rings. The van der Waals surface area contributed by atoms with E-state index in [1.54, 1.807) is 0 Å². The Morgan fingerprint density at radius 2 is 2.11 bits per heavy atom. The lowest BCUT2D eigenvalue weighted by molar-refractivity contribution is -0.156. The summed E-state index contributed by atoms with van der Waals surface area (Å²) in [5.74, 6) is -0.440. The summed E-state index contributed by atoms with van der Waals surface area (Å²) in [6.45, 7) is 1.27. The number of aliphatic hydroxyl groups is 1. The molecule has 1 aromatic carbocycles. The molecule has 0 aromatic heterocycles. The van der Waals surface area contributed by atoms with Crippen molar-refractivity contribution in [2.45, 2.75) is 13.0 Å². The van der Waals surface area contributed by atoms with Gasteiger partial charge in [0, 0.05) is 12.5 Å². The maximum absolute atomic E-state index is 11.8. The van der Waals surface area contributed by atoms with Gasteiger partial charge in [0.25, 0.3) is 0 Å². The van der Waals surface area contributed by atoms with Crippen molar-refractivity contribution in [2.24, 2.45) is 11.8 Å². The second-order valence-electron chi connectivity index (χ2n) is 4.61. The molecule has 0 spiro atoms. The Bertz CT molecular complexity index is 377. The minimum absolute atomic E-state index is 0.0491. The van der Waals surface area contributed by atoms with Crippen molar-refractivity contribution in [3.05, 3.63) is 35.9 Å². The first-order valence-corrected chi connectivity index (χ1v) is 6.18. The predicted molar refractivity (Wildman–Crippen MR) is 65.7 cm³/mol. The monoisotopic (exact) mass is 250 g/mol. The number of ether oxygens (including phenoxy) is 2. The van der Waals surface area contributed by atoms with Gasteiger partial charge in [-0.3, -0.25) is 4.79 Å². The second-order valence-corrected chi connectivity index (χ2v) is 4.61. The maximum atomic E-state index is 11.8. The van der Waals surface area contributed by atoms with Gasteiger partial charge in [0.2, 0.25) is 0 Å². The van der Waals surface area contributed by atoms with Crippen LogP contribution in [0, 0.1) is 11.8 Å². The molecule has 2 atom stereocenters. The van der Waals surface area contributed by atoms with Gasteiger partial charge in [-0.1, -0.05) is 30.3 Å². The van der Waals surface area contributed by atoms with E-state index in [0.717, 1.165) is 5.56 Å². The van der Waals surface area contributed by atoms with Crippen LogP contribution in [0.4, 0.5) is 0 Å². The van der Waals surface area contributed by atoms with Gasteiger partial charge in [0.15, 0.2) is 0 Å². The fourth-order valence-electron chi connectivity index (χ4n) is 2.05. The summed E-state index contributed by atoms with van der Waals surface area (Å²) in [7, 11) is 0. The summed E-state index contributed by atoms with van der Waals surface area (Å²) in [5.41, 5.74) is 0.973. The molecule has 4 nitrogen and oxygen atoms in total. The van der Waals surface area contributed by atoms with Gasteiger partial charge in [-0.05, 0) is 12.0 Å². The molecule has 0 bridgehead atoms. The molecule has 0 radical (unpaired) electrons. The van der Waals surface area contributed by atoms with Crippen molar-refractivity contribution >= 4 is 5.97 Å². The first kappa shape index (κ1) is 13.1. The average Bonchev–Trinajstić information content (AvgIpc) is 2.46.